The van der Waals surface area contributed by atoms with E-state index in [0.717, 1.165) is 36.9 Å². The summed E-state index contributed by atoms with van der Waals surface area (Å²) >= 11 is 0. The van der Waals surface area contributed by atoms with Crippen LogP contribution in [0.25, 0.3) is 0 Å². The second-order valence-corrected chi connectivity index (χ2v) is 11.3. The Balaban J connectivity index is 1.28. The third kappa shape index (κ3) is 4.22. The first kappa shape index (κ1) is 22.6. The van der Waals surface area contributed by atoms with Crippen molar-refractivity contribution in [2.24, 2.45) is 23.7 Å². The molecule has 3 aliphatic heterocycles. The molecule has 2 saturated carbocycles. The van der Waals surface area contributed by atoms with Gasteiger partial charge in [-0.05, 0) is 43.6 Å². The Morgan fingerprint density at radius 3 is 1.97 bits per heavy atom. The molecule has 2 N–H and O–H groups in total. The Kier molecular flexibility index (Phi) is 5.39. The molecule has 186 valence electrons. The monoisotopic (exact) mass is 481 g/mol. The van der Waals surface area contributed by atoms with E-state index < -0.39 is 11.8 Å². The Morgan fingerprint density at radius 1 is 0.914 bits per heavy atom. The van der Waals surface area contributed by atoms with Gasteiger partial charge in [0.1, 0.15) is 24.2 Å². The first-order valence-corrected chi connectivity index (χ1v) is 12.9. The Hall–Kier alpha value is -2.88. The van der Waals surface area contributed by atoms with E-state index in [0.29, 0.717) is 44.4 Å². The van der Waals surface area contributed by atoms with E-state index >= 15 is 0 Å². The number of anilines is 1. The van der Waals surface area contributed by atoms with E-state index in [4.69, 9.17) is 5.73 Å². The zero-order valence-corrected chi connectivity index (χ0v) is 20.0. The van der Waals surface area contributed by atoms with Crippen molar-refractivity contribution >= 4 is 29.4 Å². The zero-order chi connectivity index (χ0) is 24.3. The summed E-state index contributed by atoms with van der Waals surface area (Å²) < 4.78 is -0.359. The van der Waals surface area contributed by atoms with Crippen LogP contribution in [0.3, 0.4) is 0 Å². The number of quaternary nitrogens is 1. The van der Waals surface area contributed by atoms with Crippen molar-refractivity contribution in [2.45, 2.75) is 51.5 Å². The van der Waals surface area contributed by atoms with Gasteiger partial charge in [0.25, 0.3) is 0 Å². The fourth-order valence-corrected chi connectivity index (χ4v) is 6.12. The van der Waals surface area contributed by atoms with Gasteiger partial charge >= 0.3 is 11.8 Å². The van der Waals surface area contributed by atoms with Crippen LogP contribution >= 0.6 is 0 Å². The van der Waals surface area contributed by atoms with Crippen molar-refractivity contribution in [1.82, 2.24) is 20.0 Å². The van der Waals surface area contributed by atoms with E-state index in [1.807, 2.05) is 0 Å². The molecule has 2 aliphatic carbocycles. The first-order valence-electron chi connectivity index (χ1n) is 12.9. The average Bonchev–Trinajstić information content (AvgIpc) is 3.76. The molecule has 4 amide bonds. The highest BCUT2D eigenvalue weighted by atomic mass is 16.2. The van der Waals surface area contributed by atoms with Crippen molar-refractivity contribution in [3.63, 3.8) is 0 Å². The predicted octanol–water partition coefficient (Wildman–Crippen LogP) is 0.502. The summed E-state index contributed by atoms with van der Waals surface area (Å²) in [6, 6.07) is 1.70. The molecule has 0 radical (unpaired) electrons. The molecule has 4 heterocycles. The van der Waals surface area contributed by atoms with Crippen LogP contribution < -0.4 is 5.73 Å². The predicted molar refractivity (Wildman–Crippen MR) is 124 cm³/mol. The van der Waals surface area contributed by atoms with Gasteiger partial charge in [0.05, 0.1) is 12.2 Å². The molecule has 35 heavy (non-hydrogen) atoms. The molecule has 10 heteroatoms. The minimum Gasteiger partial charge on any atom is -0.382 e. The minimum atomic E-state index is -0.515. The van der Waals surface area contributed by atoms with Crippen LogP contribution in [0, 0.1) is 23.7 Å². The third-order valence-corrected chi connectivity index (χ3v) is 8.47. The number of hydrogen-bond donors (Lipinski definition) is 1. The molecule has 5 aliphatic rings. The SMILES string of the molecule is Nc1cc2c(nn1)CC[N+](C(=O)[C@@H]1CC(=O)N(CC3CC3)C1)(C(=O)[C@@H]1CC(=O)N(CC3CC3)C1)C2. The van der Waals surface area contributed by atoms with Gasteiger partial charge in [0.2, 0.25) is 11.8 Å². The molecule has 2 saturated heterocycles. The smallest absolute Gasteiger partial charge is 0.326 e. The number of nitrogens with two attached hydrogens (primary N) is 1. The highest BCUT2D eigenvalue weighted by Crippen LogP contribution is 2.37. The van der Waals surface area contributed by atoms with Gasteiger partial charge in [-0.1, -0.05) is 0 Å². The molecular formula is C25H33N6O4+. The largest absolute Gasteiger partial charge is 0.382 e. The second kappa shape index (κ2) is 8.36. The molecule has 1 aromatic rings. The topological polar surface area (TPSA) is 127 Å². The van der Waals surface area contributed by atoms with Crippen LogP contribution in [0.2, 0.25) is 0 Å². The van der Waals surface area contributed by atoms with E-state index in [1.54, 1.807) is 15.9 Å². The van der Waals surface area contributed by atoms with Crippen molar-refractivity contribution in [3.8, 4) is 0 Å². The summed E-state index contributed by atoms with van der Waals surface area (Å²) in [6.07, 6.45) is 5.26. The molecule has 4 fully saturated rings. The number of likely N-dealkylation sites (tertiary alicyclic amines) is 2. The van der Waals surface area contributed by atoms with Crippen LogP contribution in [-0.2, 0) is 32.1 Å². The van der Waals surface area contributed by atoms with Gasteiger partial charge < -0.3 is 15.5 Å². The number of carbonyl (C=O) groups excluding carboxylic acids is 4. The summed E-state index contributed by atoms with van der Waals surface area (Å²) in [5.74, 6) is -0.0865. The Morgan fingerprint density at radius 2 is 1.46 bits per heavy atom. The van der Waals surface area contributed by atoms with Gasteiger partial charge in [-0.2, -0.15) is 9.58 Å². The molecule has 10 nitrogen and oxygen atoms in total. The van der Waals surface area contributed by atoms with E-state index in [-0.39, 0.29) is 59.9 Å². The molecule has 0 unspecified atom stereocenters. The van der Waals surface area contributed by atoms with Crippen molar-refractivity contribution < 1.29 is 23.7 Å². The number of nitrogen functional groups attached to an aromatic ring is 1. The van der Waals surface area contributed by atoms with Gasteiger partial charge in [-0.3, -0.25) is 9.59 Å². The summed E-state index contributed by atoms with van der Waals surface area (Å²) in [5, 5.41) is 8.13. The quantitative estimate of drug-likeness (QED) is 0.463. The van der Waals surface area contributed by atoms with Crippen LogP contribution in [0.15, 0.2) is 6.07 Å². The van der Waals surface area contributed by atoms with Crippen molar-refractivity contribution in [2.75, 3.05) is 38.5 Å². The second-order valence-electron chi connectivity index (χ2n) is 11.3. The van der Waals surface area contributed by atoms with Gasteiger partial charge in [-0.15, -0.1) is 5.10 Å². The normalized spacial score (nSPS) is 27.9. The number of hydrogen-bond acceptors (Lipinski definition) is 7. The minimum absolute atomic E-state index is 0.0000207. The van der Waals surface area contributed by atoms with Crippen LogP contribution in [0.1, 0.15) is 49.8 Å². The lowest BCUT2D eigenvalue weighted by atomic mass is 9.94. The fourth-order valence-electron chi connectivity index (χ4n) is 6.12. The van der Waals surface area contributed by atoms with E-state index in [9.17, 15) is 19.2 Å². The summed E-state index contributed by atoms with van der Waals surface area (Å²) in [5.41, 5.74) is 7.40. The van der Waals surface area contributed by atoms with E-state index in [1.165, 1.54) is 0 Å². The number of aromatic nitrogens is 2. The fraction of sp³-hybridized carbons (Fsp3) is 0.680. The average molecular weight is 482 g/mol. The first-order chi connectivity index (χ1) is 16.8. The van der Waals surface area contributed by atoms with Crippen LogP contribution in [0.5, 0.6) is 0 Å². The summed E-state index contributed by atoms with van der Waals surface area (Å²) in [4.78, 5) is 57.3. The molecule has 0 aromatic carbocycles. The number of imide groups is 1. The van der Waals surface area contributed by atoms with Crippen LogP contribution in [-0.4, -0.2) is 80.8 Å². The number of amides is 4. The molecule has 6 rings (SSSR count). The zero-order valence-electron chi connectivity index (χ0n) is 20.0. The standard InChI is InChI=1S/C25H33N6O4/c26-21-7-19-14-31(6-5-20(19)27-28-21,24(34)17-8-22(32)29(12-17)10-15-1-2-15)25(35)18-9-23(33)30(13-18)11-16-3-4-16/h7,15-18H,1-6,8-14H2,(H2,26,28)/q+1/t17-,18-/m1/s1. The maximum absolute atomic E-state index is 14.2. The van der Waals surface area contributed by atoms with Gasteiger partial charge in [0, 0.05) is 51.0 Å². The highest BCUT2D eigenvalue weighted by molar-refractivity contribution is 5.94. The lowest BCUT2D eigenvalue weighted by molar-refractivity contribution is -0.799. The van der Waals surface area contributed by atoms with Crippen LogP contribution in [0.4, 0.5) is 5.82 Å². The van der Waals surface area contributed by atoms with Crippen molar-refractivity contribution in [3.05, 3.63) is 17.3 Å². The third-order valence-electron chi connectivity index (χ3n) is 8.47. The molecule has 2 atom stereocenters. The summed E-state index contributed by atoms with van der Waals surface area (Å²) in [7, 11) is 0. The van der Waals surface area contributed by atoms with E-state index in [2.05, 4.69) is 10.2 Å². The highest BCUT2D eigenvalue weighted by Gasteiger charge is 2.56. The number of rotatable bonds is 6. The van der Waals surface area contributed by atoms with Gasteiger partial charge in [0.15, 0.2) is 0 Å². The molecule has 0 spiro atoms. The number of nitrogens with zero attached hydrogens (tertiary/aromatic N) is 5. The molecular weight excluding hydrogens is 448 g/mol. The summed E-state index contributed by atoms with van der Waals surface area (Å²) in [6.45, 7) is 2.61. The molecule has 0 bridgehead atoms. The lowest BCUT2D eigenvalue weighted by Crippen LogP contribution is -2.63. The van der Waals surface area contributed by atoms with Crippen molar-refractivity contribution in [1.29, 1.82) is 0 Å². The Bertz CT molecular complexity index is 1040. The maximum Gasteiger partial charge on any atom is 0.326 e. The van der Waals surface area contributed by atoms with Gasteiger partial charge in [-0.25, -0.2) is 9.59 Å². The maximum atomic E-state index is 14.2. The Labute approximate surface area is 204 Å². The number of carbonyl (C=O) groups is 4. The number of fused-ring (bicyclic) bond motifs is 1. The lowest BCUT2D eigenvalue weighted by Gasteiger charge is -2.39. The molecule has 1 aromatic heterocycles.